The minimum atomic E-state index is -0.350. The van der Waals surface area contributed by atoms with E-state index >= 15 is 0 Å². The molecule has 0 heterocycles. The molecule has 0 spiro atoms. The van der Waals surface area contributed by atoms with E-state index in [0.29, 0.717) is 0 Å². The SMILES string of the molecule is CCCCCCNC(C)c1cccc([N+](=O)[O-])c1. The number of non-ortho nitro benzene ring substituents is 1. The molecule has 4 nitrogen and oxygen atoms in total. The molecule has 0 saturated carbocycles. The molecule has 1 N–H and O–H groups in total. The number of nitro groups is 1. The van der Waals surface area contributed by atoms with E-state index in [0.717, 1.165) is 18.5 Å². The average molecular weight is 250 g/mol. The van der Waals surface area contributed by atoms with Gasteiger partial charge in [0.05, 0.1) is 4.92 Å². The van der Waals surface area contributed by atoms with Crippen molar-refractivity contribution in [2.24, 2.45) is 0 Å². The first-order valence-electron chi connectivity index (χ1n) is 6.63. The van der Waals surface area contributed by atoms with Crippen molar-refractivity contribution in [1.82, 2.24) is 5.32 Å². The van der Waals surface area contributed by atoms with Crippen LogP contribution in [-0.4, -0.2) is 11.5 Å². The van der Waals surface area contributed by atoms with Gasteiger partial charge in [0.1, 0.15) is 0 Å². The summed E-state index contributed by atoms with van der Waals surface area (Å²) in [4.78, 5) is 10.3. The van der Waals surface area contributed by atoms with Crippen molar-refractivity contribution in [1.29, 1.82) is 0 Å². The zero-order chi connectivity index (χ0) is 13.4. The molecule has 1 unspecified atom stereocenters. The number of nitro benzene ring substituents is 1. The Kier molecular flexibility index (Phi) is 6.36. The maximum absolute atomic E-state index is 10.7. The number of hydrogen-bond donors (Lipinski definition) is 1. The minimum Gasteiger partial charge on any atom is -0.310 e. The van der Waals surface area contributed by atoms with Crippen molar-refractivity contribution in [3.8, 4) is 0 Å². The second-order valence-electron chi connectivity index (χ2n) is 4.59. The van der Waals surface area contributed by atoms with Gasteiger partial charge in [0.25, 0.3) is 5.69 Å². The predicted octanol–water partition coefficient (Wildman–Crippen LogP) is 3.83. The highest BCUT2D eigenvalue weighted by atomic mass is 16.6. The fraction of sp³-hybridized carbons (Fsp3) is 0.571. The van der Waals surface area contributed by atoms with Crippen molar-refractivity contribution >= 4 is 5.69 Å². The van der Waals surface area contributed by atoms with Crippen LogP contribution in [0.3, 0.4) is 0 Å². The van der Waals surface area contributed by atoms with E-state index in [-0.39, 0.29) is 16.7 Å². The molecule has 1 rings (SSSR count). The lowest BCUT2D eigenvalue weighted by Gasteiger charge is -2.13. The molecule has 0 aliphatic heterocycles. The van der Waals surface area contributed by atoms with Crippen LogP contribution in [0.25, 0.3) is 0 Å². The lowest BCUT2D eigenvalue weighted by Crippen LogP contribution is -2.19. The Morgan fingerprint density at radius 2 is 2.11 bits per heavy atom. The zero-order valence-electron chi connectivity index (χ0n) is 11.2. The standard InChI is InChI=1S/C14H22N2O2/c1-3-4-5-6-10-15-12(2)13-8-7-9-14(11-13)16(17)18/h7-9,11-12,15H,3-6,10H2,1-2H3. The van der Waals surface area contributed by atoms with Crippen LogP contribution in [0.4, 0.5) is 5.69 Å². The first-order valence-corrected chi connectivity index (χ1v) is 6.63. The highest BCUT2D eigenvalue weighted by Crippen LogP contribution is 2.18. The van der Waals surface area contributed by atoms with E-state index < -0.39 is 0 Å². The smallest absolute Gasteiger partial charge is 0.269 e. The molecule has 0 bridgehead atoms. The summed E-state index contributed by atoms with van der Waals surface area (Å²) in [5, 5.41) is 14.1. The molecule has 1 aromatic rings. The molecular weight excluding hydrogens is 228 g/mol. The fourth-order valence-electron chi connectivity index (χ4n) is 1.90. The zero-order valence-corrected chi connectivity index (χ0v) is 11.2. The molecule has 0 aliphatic carbocycles. The molecule has 1 atom stereocenters. The Balaban J connectivity index is 2.43. The Labute approximate surface area is 109 Å². The molecular formula is C14H22N2O2. The highest BCUT2D eigenvalue weighted by molar-refractivity contribution is 5.35. The van der Waals surface area contributed by atoms with E-state index in [2.05, 4.69) is 12.2 Å². The second-order valence-corrected chi connectivity index (χ2v) is 4.59. The normalized spacial score (nSPS) is 12.3. The van der Waals surface area contributed by atoms with E-state index in [4.69, 9.17) is 0 Å². The molecule has 0 aliphatic rings. The molecule has 0 amide bonds. The number of nitrogens with one attached hydrogen (secondary N) is 1. The van der Waals surface area contributed by atoms with Crippen molar-refractivity contribution in [2.45, 2.75) is 45.6 Å². The fourth-order valence-corrected chi connectivity index (χ4v) is 1.90. The van der Waals surface area contributed by atoms with Crippen LogP contribution in [0.2, 0.25) is 0 Å². The van der Waals surface area contributed by atoms with Gasteiger partial charge >= 0.3 is 0 Å². The second kappa shape index (κ2) is 7.82. The Morgan fingerprint density at radius 3 is 2.78 bits per heavy atom. The highest BCUT2D eigenvalue weighted by Gasteiger charge is 2.09. The van der Waals surface area contributed by atoms with Gasteiger partial charge in [-0.25, -0.2) is 0 Å². The topological polar surface area (TPSA) is 55.2 Å². The van der Waals surface area contributed by atoms with Crippen LogP contribution in [0.1, 0.15) is 51.1 Å². The van der Waals surface area contributed by atoms with Gasteiger partial charge in [-0.1, -0.05) is 38.3 Å². The third-order valence-corrected chi connectivity index (χ3v) is 3.06. The minimum absolute atomic E-state index is 0.159. The van der Waals surface area contributed by atoms with Gasteiger partial charge in [0, 0.05) is 18.2 Å². The summed E-state index contributed by atoms with van der Waals surface area (Å²) in [5.41, 5.74) is 1.13. The number of unbranched alkanes of at least 4 members (excludes halogenated alkanes) is 3. The molecule has 1 aromatic carbocycles. The van der Waals surface area contributed by atoms with Crippen LogP contribution in [0, 0.1) is 10.1 Å². The van der Waals surface area contributed by atoms with Gasteiger partial charge in [-0.05, 0) is 25.5 Å². The molecule has 18 heavy (non-hydrogen) atoms. The maximum atomic E-state index is 10.7. The summed E-state index contributed by atoms with van der Waals surface area (Å²) in [6.07, 6.45) is 4.91. The summed E-state index contributed by atoms with van der Waals surface area (Å²) in [7, 11) is 0. The molecule has 0 saturated heterocycles. The van der Waals surface area contributed by atoms with E-state index in [1.54, 1.807) is 12.1 Å². The van der Waals surface area contributed by atoms with Gasteiger partial charge in [-0.15, -0.1) is 0 Å². The quantitative estimate of drug-likeness (QED) is 0.433. The van der Waals surface area contributed by atoms with Crippen LogP contribution >= 0.6 is 0 Å². The first kappa shape index (κ1) is 14.6. The molecule has 0 fully saturated rings. The Hall–Kier alpha value is -1.42. The third kappa shape index (κ3) is 4.84. The summed E-state index contributed by atoms with van der Waals surface area (Å²) < 4.78 is 0. The van der Waals surface area contributed by atoms with Crippen molar-refractivity contribution in [2.75, 3.05) is 6.54 Å². The molecule has 4 heteroatoms. The van der Waals surface area contributed by atoms with E-state index in [9.17, 15) is 10.1 Å². The van der Waals surface area contributed by atoms with E-state index in [1.165, 1.54) is 25.3 Å². The van der Waals surface area contributed by atoms with Crippen molar-refractivity contribution in [3.63, 3.8) is 0 Å². The van der Waals surface area contributed by atoms with Crippen LogP contribution in [0.15, 0.2) is 24.3 Å². The van der Waals surface area contributed by atoms with Gasteiger partial charge in [0.15, 0.2) is 0 Å². The lowest BCUT2D eigenvalue weighted by atomic mass is 10.1. The summed E-state index contributed by atoms with van der Waals surface area (Å²) in [6, 6.07) is 6.99. The number of hydrogen-bond acceptors (Lipinski definition) is 3. The molecule has 0 aromatic heterocycles. The van der Waals surface area contributed by atoms with Crippen LogP contribution in [-0.2, 0) is 0 Å². The monoisotopic (exact) mass is 250 g/mol. The van der Waals surface area contributed by atoms with E-state index in [1.807, 2.05) is 13.0 Å². The number of benzene rings is 1. The Bertz CT molecular complexity index is 380. The lowest BCUT2D eigenvalue weighted by molar-refractivity contribution is -0.384. The molecule has 100 valence electrons. The van der Waals surface area contributed by atoms with Gasteiger partial charge in [0.2, 0.25) is 0 Å². The van der Waals surface area contributed by atoms with Gasteiger partial charge in [-0.2, -0.15) is 0 Å². The first-order chi connectivity index (χ1) is 8.65. The molecule has 0 radical (unpaired) electrons. The number of nitrogens with zero attached hydrogens (tertiary/aromatic N) is 1. The van der Waals surface area contributed by atoms with Crippen molar-refractivity contribution in [3.05, 3.63) is 39.9 Å². The summed E-state index contributed by atoms with van der Waals surface area (Å²) >= 11 is 0. The Morgan fingerprint density at radius 1 is 1.33 bits per heavy atom. The summed E-state index contributed by atoms with van der Waals surface area (Å²) in [6.45, 7) is 5.20. The van der Waals surface area contributed by atoms with Gasteiger partial charge in [-0.3, -0.25) is 10.1 Å². The number of rotatable bonds is 8. The summed E-state index contributed by atoms with van der Waals surface area (Å²) in [5.74, 6) is 0. The van der Waals surface area contributed by atoms with Crippen LogP contribution in [0.5, 0.6) is 0 Å². The van der Waals surface area contributed by atoms with Gasteiger partial charge < -0.3 is 5.32 Å². The average Bonchev–Trinajstić information content (AvgIpc) is 2.38. The maximum Gasteiger partial charge on any atom is 0.269 e. The van der Waals surface area contributed by atoms with Crippen LogP contribution < -0.4 is 5.32 Å². The van der Waals surface area contributed by atoms with Crippen molar-refractivity contribution < 1.29 is 4.92 Å². The third-order valence-electron chi connectivity index (χ3n) is 3.06. The largest absolute Gasteiger partial charge is 0.310 e. The predicted molar refractivity (Wildman–Crippen MR) is 73.7 cm³/mol.